The van der Waals surface area contributed by atoms with Gasteiger partial charge in [0.2, 0.25) is 29.5 Å². The second-order valence-corrected chi connectivity index (χ2v) is 17.1. The van der Waals surface area contributed by atoms with Crippen molar-refractivity contribution in [1.29, 1.82) is 0 Å². The molecule has 1 aliphatic carbocycles. The normalized spacial score (nSPS) is 17.5. The Bertz CT molecular complexity index is 1540. The van der Waals surface area contributed by atoms with Crippen LogP contribution in [0.3, 0.4) is 0 Å². The predicted molar refractivity (Wildman–Crippen MR) is 206 cm³/mol. The highest BCUT2D eigenvalue weighted by Gasteiger charge is 2.47. The van der Waals surface area contributed by atoms with Crippen LogP contribution in [0.4, 0.5) is 0 Å². The van der Waals surface area contributed by atoms with Gasteiger partial charge in [0.05, 0.1) is 18.5 Å². The minimum atomic E-state index is -0.919. The molecular formula is C42H62N4O9. The first-order valence-corrected chi connectivity index (χ1v) is 19.8. The summed E-state index contributed by atoms with van der Waals surface area (Å²) in [7, 11) is 0. The van der Waals surface area contributed by atoms with E-state index in [9.17, 15) is 38.4 Å². The zero-order valence-electron chi connectivity index (χ0n) is 33.7. The van der Waals surface area contributed by atoms with Crippen LogP contribution in [0.2, 0.25) is 0 Å². The number of nitrogens with zero attached hydrogens (tertiary/aromatic N) is 1. The highest BCUT2D eigenvalue weighted by atomic mass is 16.5. The lowest BCUT2D eigenvalue weighted by atomic mass is 9.79. The standard InChI is InChI=1S/C42H62N4O9/c1-40(2,3)31-26-37(52)46(38(31)53)24-14-8-11-17-34(49)43-27-30(47)18-20-36(51)45-32(25-29-15-9-7-10-16-29)33(48)19-21-35(50)44-28-55-42(22-12-13-23-42)39(54)41(4,5)6/h7,9-10,15-16,31-32H,8,11-14,17-28H2,1-6H3,(H,43,49)(H,44,50)(H,45,51)/t31?,32-/m0/s1. The van der Waals surface area contributed by atoms with Gasteiger partial charge in [-0.2, -0.15) is 0 Å². The zero-order valence-corrected chi connectivity index (χ0v) is 33.7. The third kappa shape index (κ3) is 14.4. The van der Waals surface area contributed by atoms with Gasteiger partial charge < -0.3 is 20.7 Å². The lowest BCUT2D eigenvalue weighted by Crippen LogP contribution is -2.47. The van der Waals surface area contributed by atoms with Crippen LogP contribution >= 0.6 is 0 Å². The molecule has 0 aromatic heterocycles. The summed E-state index contributed by atoms with van der Waals surface area (Å²) in [6.45, 7) is 11.4. The van der Waals surface area contributed by atoms with Gasteiger partial charge in [0, 0.05) is 50.5 Å². The van der Waals surface area contributed by atoms with Crippen molar-refractivity contribution < 1.29 is 43.1 Å². The molecule has 2 aliphatic rings. The van der Waals surface area contributed by atoms with E-state index in [2.05, 4.69) is 16.0 Å². The highest BCUT2D eigenvalue weighted by molar-refractivity contribution is 6.04. The second kappa shape index (κ2) is 20.6. The SMILES string of the molecule is CC(C)(C)C(=O)C1(OCNC(=O)CCC(=O)[C@H](Cc2ccccc2)NC(=O)CCC(=O)CNC(=O)CCCCCN2C(=O)CC(C(C)(C)C)C2=O)CCCC1. The van der Waals surface area contributed by atoms with Crippen molar-refractivity contribution >= 4 is 46.9 Å². The quantitative estimate of drug-likeness (QED) is 0.0867. The molecule has 304 valence electrons. The van der Waals surface area contributed by atoms with Gasteiger partial charge >= 0.3 is 0 Å². The minimum Gasteiger partial charge on any atom is -0.349 e. The first-order valence-electron chi connectivity index (χ1n) is 19.8. The Morgan fingerprint density at radius 2 is 1.44 bits per heavy atom. The van der Waals surface area contributed by atoms with Crippen molar-refractivity contribution in [3.63, 3.8) is 0 Å². The Kier molecular flexibility index (Phi) is 16.9. The van der Waals surface area contributed by atoms with E-state index in [1.165, 1.54) is 4.90 Å². The summed E-state index contributed by atoms with van der Waals surface area (Å²) in [5.41, 5.74) is -0.963. The third-order valence-electron chi connectivity index (χ3n) is 10.4. The van der Waals surface area contributed by atoms with E-state index in [1.54, 1.807) is 0 Å². The molecule has 1 saturated carbocycles. The average molecular weight is 767 g/mol. The molecular weight excluding hydrogens is 704 g/mol. The molecule has 3 N–H and O–H groups in total. The summed E-state index contributed by atoms with van der Waals surface area (Å²) in [4.78, 5) is 103. The number of nitrogens with one attached hydrogen (secondary N) is 3. The van der Waals surface area contributed by atoms with Crippen LogP contribution in [-0.4, -0.2) is 83.2 Å². The summed E-state index contributed by atoms with van der Waals surface area (Å²) in [6.07, 6.45) is 4.78. The summed E-state index contributed by atoms with van der Waals surface area (Å²) >= 11 is 0. The smallest absolute Gasteiger partial charge is 0.233 e. The zero-order chi connectivity index (χ0) is 40.8. The fraction of sp³-hybridized carbons (Fsp3) is 0.667. The van der Waals surface area contributed by atoms with Gasteiger partial charge in [-0.3, -0.25) is 43.3 Å². The molecule has 0 spiro atoms. The molecule has 3 rings (SSSR count). The van der Waals surface area contributed by atoms with E-state index in [1.807, 2.05) is 71.9 Å². The average Bonchev–Trinajstić information content (AvgIpc) is 3.72. The molecule has 5 amide bonds. The molecule has 1 aromatic rings. The number of hydrogen-bond acceptors (Lipinski definition) is 9. The number of unbranched alkanes of at least 4 members (excludes halogenated alkanes) is 2. The molecule has 2 atom stereocenters. The maximum atomic E-state index is 13.3. The molecule has 1 heterocycles. The molecule has 0 radical (unpaired) electrons. The monoisotopic (exact) mass is 766 g/mol. The number of imide groups is 1. The van der Waals surface area contributed by atoms with E-state index in [0.29, 0.717) is 38.6 Å². The van der Waals surface area contributed by atoms with Gasteiger partial charge in [0.15, 0.2) is 17.3 Å². The van der Waals surface area contributed by atoms with Gasteiger partial charge in [0.25, 0.3) is 0 Å². The van der Waals surface area contributed by atoms with Gasteiger partial charge in [-0.05, 0) is 55.9 Å². The number of carbonyl (C=O) groups excluding carboxylic acids is 8. The number of hydrogen-bond donors (Lipinski definition) is 3. The van der Waals surface area contributed by atoms with E-state index < -0.39 is 28.9 Å². The molecule has 1 aliphatic heterocycles. The number of ether oxygens (including phenoxy) is 1. The van der Waals surface area contributed by atoms with Crippen LogP contribution in [-0.2, 0) is 49.5 Å². The van der Waals surface area contributed by atoms with E-state index in [0.717, 1.165) is 18.4 Å². The molecule has 1 aromatic carbocycles. The maximum Gasteiger partial charge on any atom is 0.233 e. The van der Waals surface area contributed by atoms with Crippen molar-refractivity contribution in [1.82, 2.24) is 20.9 Å². The molecule has 55 heavy (non-hydrogen) atoms. The minimum absolute atomic E-state index is 0.0127. The first kappa shape index (κ1) is 45.1. The van der Waals surface area contributed by atoms with Crippen molar-refractivity contribution in [3.05, 3.63) is 35.9 Å². The number of Topliss-reactive ketones (excluding diaryl/α,β-unsaturated/α-hetero) is 3. The lowest BCUT2D eigenvalue weighted by Gasteiger charge is -2.33. The van der Waals surface area contributed by atoms with Crippen LogP contribution in [0.25, 0.3) is 0 Å². The van der Waals surface area contributed by atoms with Crippen molar-refractivity contribution in [2.75, 3.05) is 19.8 Å². The summed E-state index contributed by atoms with van der Waals surface area (Å²) in [5, 5.41) is 7.98. The molecule has 1 unspecified atom stereocenters. The van der Waals surface area contributed by atoms with Gasteiger partial charge in [-0.1, -0.05) is 78.3 Å². The Labute approximate surface area is 325 Å². The van der Waals surface area contributed by atoms with Crippen LogP contribution < -0.4 is 16.0 Å². The molecule has 0 bridgehead atoms. The first-order chi connectivity index (χ1) is 25.8. The predicted octanol–water partition coefficient (Wildman–Crippen LogP) is 4.53. The van der Waals surface area contributed by atoms with E-state index in [-0.39, 0.29) is 105 Å². The van der Waals surface area contributed by atoms with Gasteiger partial charge in [-0.25, -0.2) is 0 Å². The fourth-order valence-corrected chi connectivity index (χ4v) is 7.14. The molecule has 2 fully saturated rings. The molecule has 1 saturated heterocycles. The van der Waals surface area contributed by atoms with Crippen LogP contribution in [0, 0.1) is 16.7 Å². The van der Waals surface area contributed by atoms with Gasteiger partial charge in [-0.15, -0.1) is 0 Å². The van der Waals surface area contributed by atoms with Crippen LogP contribution in [0.1, 0.15) is 131 Å². The number of carbonyl (C=O) groups is 8. The Hall–Kier alpha value is -4.26. The Morgan fingerprint density at radius 1 is 0.800 bits per heavy atom. The lowest BCUT2D eigenvalue weighted by molar-refractivity contribution is -0.155. The number of ketones is 3. The molecule has 13 heteroatoms. The van der Waals surface area contributed by atoms with E-state index in [4.69, 9.17) is 4.74 Å². The van der Waals surface area contributed by atoms with Crippen molar-refractivity contribution in [2.24, 2.45) is 16.7 Å². The Morgan fingerprint density at radius 3 is 2.05 bits per heavy atom. The van der Waals surface area contributed by atoms with Gasteiger partial charge in [0.1, 0.15) is 12.3 Å². The second-order valence-electron chi connectivity index (χ2n) is 17.1. The van der Waals surface area contributed by atoms with E-state index >= 15 is 0 Å². The Balaban J connectivity index is 1.37. The van der Waals surface area contributed by atoms with Crippen LogP contribution in [0.5, 0.6) is 0 Å². The number of likely N-dealkylation sites (tertiary alicyclic amines) is 1. The highest BCUT2D eigenvalue weighted by Crippen LogP contribution is 2.39. The topological polar surface area (TPSA) is 185 Å². The number of rotatable bonds is 22. The van der Waals surface area contributed by atoms with Crippen molar-refractivity contribution in [2.45, 2.75) is 143 Å². The third-order valence-corrected chi connectivity index (χ3v) is 10.4. The van der Waals surface area contributed by atoms with Crippen LogP contribution in [0.15, 0.2) is 30.3 Å². The molecule has 13 nitrogen and oxygen atoms in total. The maximum absolute atomic E-state index is 13.3. The number of benzene rings is 1. The largest absolute Gasteiger partial charge is 0.349 e. The summed E-state index contributed by atoms with van der Waals surface area (Å²) < 4.78 is 5.98. The van der Waals surface area contributed by atoms with Crippen molar-refractivity contribution in [3.8, 4) is 0 Å². The fourth-order valence-electron chi connectivity index (χ4n) is 7.14. The summed E-state index contributed by atoms with van der Waals surface area (Å²) in [5.74, 6) is -2.48. The number of amides is 5. The summed E-state index contributed by atoms with van der Waals surface area (Å²) in [6, 6.07) is 8.23.